The molecule has 0 fully saturated rings. The number of rotatable bonds is 2. The molecule has 0 unspecified atom stereocenters. The molecule has 0 saturated heterocycles. The molecule has 0 spiro atoms. The second kappa shape index (κ2) is 2.97. The lowest BCUT2D eigenvalue weighted by Crippen LogP contribution is -1.87. The van der Waals surface area contributed by atoms with Crippen molar-refractivity contribution in [3.05, 3.63) is 30.1 Å². The SMILES string of the molecule is O=CCc1ccccn1. The van der Waals surface area contributed by atoms with Gasteiger partial charge in [0, 0.05) is 18.3 Å². The topological polar surface area (TPSA) is 30.0 Å². The average molecular weight is 121 g/mol. The van der Waals surface area contributed by atoms with E-state index in [0.29, 0.717) is 6.42 Å². The van der Waals surface area contributed by atoms with Gasteiger partial charge in [-0.3, -0.25) is 4.98 Å². The second-order valence-electron chi connectivity index (χ2n) is 1.69. The fourth-order valence-corrected chi connectivity index (χ4v) is 0.604. The first-order valence-corrected chi connectivity index (χ1v) is 2.77. The maximum Gasteiger partial charge on any atom is 0.125 e. The van der Waals surface area contributed by atoms with E-state index in [1.54, 1.807) is 6.20 Å². The summed E-state index contributed by atoms with van der Waals surface area (Å²) in [5.41, 5.74) is 0.826. The summed E-state index contributed by atoms with van der Waals surface area (Å²) in [6.45, 7) is 0. The molecule has 0 amide bonds. The highest BCUT2D eigenvalue weighted by Crippen LogP contribution is 1.90. The van der Waals surface area contributed by atoms with Crippen molar-refractivity contribution >= 4 is 6.29 Å². The summed E-state index contributed by atoms with van der Waals surface area (Å²) in [6, 6.07) is 5.52. The van der Waals surface area contributed by atoms with Crippen LogP contribution in [-0.4, -0.2) is 11.3 Å². The van der Waals surface area contributed by atoms with Crippen LogP contribution in [0.15, 0.2) is 24.4 Å². The summed E-state index contributed by atoms with van der Waals surface area (Å²) in [6.07, 6.45) is 2.95. The molecule has 0 N–H and O–H groups in total. The molecule has 0 atom stereocenters. The van der Waals surface area contributed by atoms with Crippen molar-refractivity contribution in [3.63, 3.8) is 0 Å². The van der Waals surface area contributed by atoms with E-state index in [4.69, 9.17) is 0 Å². The number of aromatic nitrogens is 1. The summed E-state index contributed by atoms with van der Waals surface area (Å²) in [4.78, 5) is 13.9. The van der Waals surface area contributed by atoms with Gasteiger partial charge < -0.3 is 4.79 Å². The Bertz CT molecular complexity index is 183. The van der Waals surface area contributed by atoms with Crippen molar-refractivity contribution in [2.45, 2.75) is 6.42 Å². The van der Waals surface area contributed by atoms with Crippen LogP contribution in [0.4, 0.5) is 0 Å². The Labute approximate surface area is 53.5 Å². The summed E-state index contributed by atoms with van der Waals surface area (Å²) in [5.74, 6) is 0. The smallest absolute Gasteiger partial charge is 0.125 e. The minimum absolute atomic E-state index is 0.417. The minimum atomic E-state index is 0.417. The summed E-state index contributed by atoms with van der Waals surface area (Å²) >= 11 is 0. The van der Waals surface area contributed by atoms with E-state index >= 15 is 0 Å². The van der Waals surface area contributed by atoms with E-state index in [0.717, 1.165) is 12.0 Å². The number of nitrogens with zero attached hydrogens (tertiary/aromatic N) is 1. The van der Waals surface area contributed by atoms with Crippen LogP contribution in [-0.2, 0) is 11.2 Å². The fraction of sp³-hybridized carbons (Fsp3) is 0.143. The van der Waals surface area contributed by atoms with E-state index in [-0.39, 0.29) is 0 Å². The Morgan fingerprint density at radius 2 is 2.44 bits per heavy atom. The predicted octanol–water partition coefficient (Wildman–Crippen LogP) is 0.823. The van der Waals surface area contributed by atoms with Crippen molar-refractivity contribution in [2.75, 3.05) is 0 Å². The highest BCUT2D eigenvalue weighted by atomic mass is 16.1. The normalized spacial score (nSPS) is 8.89. The second-order valence-corrected chi connectivity index (χ2v) is 1.69. The molecule has 2 nitrogen and oxygen atoms in total. The third-order valence-electron chi connectivity index (χ3n) is 1.02. The maximum atomic E-state index is 9.93. The molecule has 0 aromatic carbocycles. The van der Waals surface area contributed by atoms with Gasteiger partial charge in [-0.1, -0.05) is 6.07 Å². The van der Waals surface area contributed by atoms with Crippen molar-refractivity contribution < 1.29 is 4.79 Å². The first-order chi connectivity index (χ1) is 4.43. The largest absolute Gasteiger partial charge is 0.303 e. The van der Waals surface area contributed by atoms with E-state index in [1.165, 1.54) is 0 Å². The molecule has 0 saturated carbocycles. The van der Waals surface area contributed by atoms with E-state index < -0.39 is 0 Å². The molecule has 9 heavy (non-hydrogen) atoms. The van der Waals surface area contributed by atoms with Crippen molar-refractivity contribution in [3.8, 4) is 0 Å². The first-order valence-electron chi connectivity index (χ1n) is 2.77. The number of hydrogen-bond acceptors (Lipinski definition) is 2. The predicted molar refractivity (Wildman–Crippen MR) is 34.0 cm³/mol. The van der Waals surface area contributed by atoms with Crippen LogP contribution in [0.2, 0.25) is 0 Å². The first kappa shape index (κ1) is 5.95. The van der Waals surface area contributed by atoms with Crippen molar-refractivity contribution in [2.24, 2.45) is 0 Å². The molecule has 46 valence electrons. The van der Waals surface area contributed by atoms with Crippen molar-refractivity contribution in [1.82, 2.24) is 4.98 Å². The Morgan fingerprint density at radius 1 is 1.56 bits per heavy atom. The maximum absolute atomic E-state index is 9.93. The Balaban J connectivity index is 2.72. The number of carbonyl (C=O) groups is 1. The Hall–Kier alpha value is -1.18. The lowest BCUT2D eigenvalue weighted by atomic mass is 10.3. The number of aldehydes is 1. The van der Waals surface area contributed by atoms with Gasteiger partial charge in [-0.15, -0.1) is 0 Å². The van der Waals surface area contributed by atoms with Gasteiger partial charge in [-0.05, 0) is 12.1 Å². The number of carbonyl (C=O) groups excluding carboxylic acids is 1. The van der Waals surface area contributed by atoms with Gasteiger partial charge in [0.25, 0.3) is 0 Å². The Morgan fingerprint density at radius 3 is 3.00 bits per heavy atom. The summed E-state index contributed by atoms with van der Waals surface area (Å²) < 4.78 is 0. The van der Waals surface area contributed by atoms with Gasteiger partial charge in [-0.2, -0.15) is 0 Å². The highest BCUT2D eigenvalue weighted by Gasteiger charge is 1.86. The molecule has 2 heteroatoms. The molecule has 0 aliphatic heterocycles. The zero-order valence-electron chi connectivity index (χ0n) is 4.95. The zero-order valence-corrected chi connectivity index (χ0v) is 4.95. The molecule has 1 heterocycles. The number of hydrogen-bond donors (Lipinski definition) is 0. The zero-order chi connectivity index (χ0) is 6.53. The molecule has 1 rings (SSSR count). The highest BCUT2D eigenvalue weighted by molar-refractivity contribution is 5.53. The van der Waals surface area contributed by atoms with Gasteiger partial charge in [0.15, 0.2) is 0 Å². The molecule has 0 radical (unpaired) electrons. The monoisotopic (exact) mass is 121 g/mol. The molecule has 1 aromatic rings. The molecule has 0 aliphatic carbocycles. The van der Waals surface area contributed by atoms with Crippen LogP contribution in [0.3, 0.4) is 0 Å². The summed E-state index contributed by atoms with van der Waals surface area (Å²) in [7, 11) is 0. The van der Waals surface area contributed by atoms with Crippen LogP contribution < -0.4 is 0 Å². The molecule has 0 bridgehead atoms. The Kier molecular flexibility index (Phi) is 1.96. The summed E-state index contributed by atoms with van der Waals surface area (Å²) in [5, 5.41) is 0. The van der Waals surface area contributed by atoms with E-state index in [1.807, 2.05) is 18.2 Å². The van der Waals surface area contributed by atoms with E-state index in [9.17, 15) is 4.79 Å². The average Bonchev–Trinajstić information content (AvgIpc) is 1.91. The van der Waals surface area contributed by atoms with Crippen LogP contribution in [0.5, 0.6) is 0 Å². The minimum Gasteiger partial charge on any atom is -0.303 e. The van der Waals surface area contributed by atoms with Gasteiger partial charge in [0.2, 0.25) is 0 Å². The molecule has 0 aliphatic rings. The molecular formula is C7H7NO. The van der Waals surface area contributed by atoms with Crippen LogP contribution in [0.25, 0.3) is 0 Å². The quantitative estimate of drug-likeness (QED) is 0.542. The molecular weight excluding hydrogens is 114 g/mol. The van der Waals surface area contributed by atoms with Gasteiger partial charge >= 0.3 is 0 Å². The van der Waals surface area contributed by atoms with Crippen LogP contribution in [0.1, 0.15) is 5.69 Å². The fourth-order valence-electron chi connectivity index (χ4n) is 0.604. The molecule has 1 aromatic heterocycles. The lowest BCUT2D eigenvalue weighted by molar-refractivity contribution is -0.107. The van der Waals surface area contributed by atoms with Gasteiger partial charge in [0.1, 0.15) is 6.29 Å². The lowest BCUT2D eigenvalue weighted by Gasteiger charge is -1.88. The van der Waals surface area contributed by atoms with Crippen LogP contribution in [0, 0.1) is 0 Å². The van der Waals surface area contributed by atoms with Gasteiger partial charge in [-0.25, -0.2) is 0 Å². The van der Waals surface area contributed by atoms with Crippen LogP contribution >= 0.6 is 0 Å². The number of pyridine rings is 1. The standard InChI is InChI=1S/C7H7NO/c9-6-4-7-3-1-2-5-8-7/h1-3,5-6H,4H2. The van der Waals surface area contributed by atoms with Crippen molar-refractivity contribution in [1.29, 1.82) is 0 Å². The van der Waals surface area contributed by atoms with E-state index in [2.05, 4.69) is 4.98 Å². The third kappa shape index (κ3) is 1.64. The third-order valence-corrected chi connectivity index (χ3v) is 1.02. The van der Waals surface area contributed by atoms with Gasteiger partial charge in [0.05, 0.1) is 0 Å².